The number of rotatable bonds is 5. The van der Waals surface area contributed by atoms with Crippen LogP contribution in [-0.2, 0) is 19.1 Å². The zero-order valence-electron chi connectivity index (χ0n) is 15.9. The number of anilines is 2. The van der Waals surface area contributed by atoms with Gasteiger partial charge in [-0.25, -0.2) is 8.78 Å². The van der Waals surface area contributed by atoms with Crippen LogP contribution in [0.25, 0.3) is 0 Å². The molecule has 0 spiro atoms. The fourth-order valence-corrected chi connectivity index (χ4v) is 2.98. The van der Waals surface area contributed by atoms with Crippen molar-refractivity contribution in [1.82, 2.24) is 0 Å². The van der Waals surface area contributed by atoms with Gasteiger partial charge in [0.05, 0.1) is 5.92 Å². The van der Waals surface area contributed by atoms with Crippen molar-refractivity contribution >= 4 is 29.2 Å². The number of benzene rings is 2. The topological polar surface area (TPSA) is 75.7 Å². The third-order valence-electron chi connectivity index (χ3n) is 4.65. The van der Waals surface area contributed by atoms with E-state index in [-0.39, 0.29) is 24.6 Å². The Balaban J connectivity index is 1.57. The van der Waals surface area contributed by atoms with Crippen molar-refractivity contribution in [2.45, 2.75) is 26.4 Å². The minimum Gasteiger partial charge on any atom is -0.452 e. The second kappa shape index (κ2) is 8.38. The van der Waals surface area contributed by atoms with Crippen LogP contribution in [0.1, 0.15) is 18.9 Å². The molecule has 1 fully saturated rings. The van der Waals surface area contributed by atoms with Crippen LogP contribution in [0.3, 0.4) is 0 Å². The maximum absolute atomic E-state index is 13.2. The molecule has 1 N–H and O–H groups in total. The van der Waals surface area contributed by atoms with Crippen molar-refractivity contribution in [1.29, 1.82) is 0 Å². The number of ether oxygens (including phenoxy) is 1. The first-order valence-corrected chi connectivity index (χ1v) is 9.08. The average molecular weight is 402 g/mol. The second-order valence-electron chi connectivity index (χ2n) is 6.94. The van der Waals surface area contributed by atoms with Gasteiger partial charge in [0.1, 0.15) is 0 Å². The summed E-state index contributed by atoms with van der Waals surface area (Å²) in [5.41, 5.74) is 1.79. The summed E-state index contributed by atoms with van der Waals surface area (Å²) in [6, 6.07) is 10.3. The molecule has 6 nitrogen and oxygen atoms in total. The molecule has 2 atom stereocenters. The first-order valence-electron chi connectivity index (χ1n) is 9.08. The number of hydrogen-bond acceptors (Lipinski definition) is 4. The highest BCUT2D eigenvalue weighted by atomic mass is 19.2. The molecule has 0 saturated carbocycles. The van der Waals surface area contributed by atoms with E-state index >= 15 is 0 Å². The van der Waals surface area contributed by atoms with E-state index in [0.717, 1.165) is 17.7 Å². The molecular weight excluding hydrogens is 382 g/mol. The van der Waals surface area contributed by atoms with Gasteiger partial charge in [0.2, 0.25) is 5.91 Å². The summed E-state index contributed by atoms with van der Waals surface area (Å²) in [4.78, 5) is 38.3. The Morgan fingerprint density at radius 3 is 2.48 bits per heavy atom. The van der Waals surface area contributed by atoms with E-state index in [1.807, 2.05) is 19.1 Å². The van der Waals surface area contributed by atoms with Gasteiger partial charge in [-0.1, -0.05) is 17.7 Å². The Labute approximate surface area is 166 Å². The van der Waals surface area contributed by atoms with Crippen molar-refractivity contribution in [2.24, 2.45) is 5.92 Å². The van der Waals surface area contributed by atoms with E-state index in [9.17, 15) is 23.2 Å². The van der Waals surface area contributed by atoms with E-state index in [1.165, 1.54) is 17.9 Å². The summed E-state index contributed by atoms with van der Waals surface area (Å²) in [5, 5.41) is 2.35. The molecule has 2 aromatic rings. The molecule has 0 bridgehead atoms. The Kier molecular flexibility index (Phi) is 5.91. The van der Waals surface area contributed by atoms with E-state index < -0.39 is 35.5 Å². The van der Waals surface area contributed by atoms with Gasteiger partial charge in [0.25, 0.3) is 5.91 Å². The summed E-state index contributed by atoms with van der Waals surface area (Å²) in [5.74, 6) is -4.39. The summed E-state index contributed by atoms with van der Waals surface area (Å²) < 4.78 is 31.4. The van der Waals surface area contributed by atoms with Gasteiger partial charge in [-0.3, -0.25) is 14.4 Å². The van der Waals surface area contributed by atoms with Crippen molar-refractivity contribution in [2.75, 3.05) is 16.8 Å². The maximum atomic E-state index is 13.2. The second-order valence-corrected chi connectivity index (χ2v) is 6.94. The number of nitrogens with one attached hydrogen (secondary N) is 1. The first-order chi connectivity index (χ1) is 13.7. The van der Waals surface area contributed by atoms with E-state index in [2.05, 4.69) is 5.32 Å². The number of aryl methyl sites for hydroxylation is 1. The molecule has 3 rings (SSSR count). The minimum absolute atomic E-state index is 0.00970. The Hall–Kier alpha value is -3.29. The van der Waals surface area contributed by atoms with Gasteiger partial charge in [0.15, 0.2) is 17.7 Å². The van der Waals surface area contributed by atoms with Crippen molar-refractivity contribution in [3.63, 3.8) is 0 Å². The third kappa shape index (κ3) is 4.77. The molecule has 152 valence electrons. The van der Waals surface area contributed by atoms with Gasteiger partial charge in [-0.05, 0) is 38.1 Å². The number of amides is 2. The predicted molar refractivity (Wildman–Crippen MR) is 102 cm³/mol. The molecule has 0 aromatic heterocycles. The van der Waals surface area contributed by atoms with Gasteiger partial charge < -0.3 is 15.0 Å². The van der Waals surface area contributed by atoms with Crippen LogP contribution in [0.4, 0.5) is 20.2 Å². The molecule has 0 radical (unpaired) electrons. The number of carbonyl (C=O) groups excluding carboxylic acids is 3. The molecule has 0 aliphatic carbocycles. The third-order valence-corrected chi connectivity index (χ3v) is 4.65. The van der Waals surface area contributed by atoms with Gasteiger partial charge in [-0.15, -0.1) is 0 Å². The zero-order valence-corrected chi connectivity index (χ0v) is 15.9. The number of nitrogens with zero attached hydrogens (tertiary/aromatic N) is 1. The molecule has 0 unspecified atom stereocenters. The fourth-order valence-electron chi connectivity index (χ4n) is 2.98. The summed E-state index contributed by atoms with van der Waals surface area (Å²) in [6.07, 6.45) is -1.18. The lowest BCUT2D eigenvalue weighted by molar-refractivity contribution is -0.157. The molecule has 1 aliphatic heterocycles. The monoisotopic (exact) mass is 402 g/mol. The Bertz CT molecular complexity index is 946. The largest absolute Gasteiger partial charge is 0.452 e. The van der Waals surface area contributed by atoms with E-state index in [0.29, 0.717) is 5.69 Å². The Morgan fingerprint density at radius 2 is 1.83 bits per heavy atom. The smallest absolute Gasteiger partial charge is 0.312 e. The highest BCUT2D eigenvalue weighted by Gasteiger charge is 2.37. The lowest BCUT2D eigenvalue weighted by Gasteiger charge is -2.18. The van der Waals surface area contributed by atoms with Crippen LogP contribution in [0.5, 0.6) is 0 Å². The van der Waals surface area contributed by atoms with Crippen LogP contribution in [0, 0.1) is 24.5 Å². The van der Waals surface area contributed by atoms with Crippen molar-refractivity contribution in [3.8, 4) is 0 Å². The van der Waals surface area contributed by atoms with Crippen LogP contribution in [-0.4, -0.2) is 30.4 Å². The molecule has 2 amide bonds. The van der Waals surface area contributed by atoms with Gasteiger partial charge in [-0.2, -0.15) is 0 Å². The maximum Gasteiger partial charge on any atom is 0.312 e. The van der Waals surface area contributed by atoms with Crippen molar-refractivity contribution < 1.29 is 27.9 Å². The first kappa shape index (κ1) is 20.4. The quantitative estimate of drug-likeness (QED) is 0.780. The van der Waals surface area contributed by atoms with Crippen LogP contribution >= 0.6 is 0 Å². The number of carbonyl (C=O) groups is 3. The predicted octanol–water partition coefficient (Wildman–Crippen LogP) is 3.20. The normalized spacial score (nSPS) is 17.2. The van der Waals surface area contributed by atoms with Gasteiger partial charge in [0, 0.05) is 30.4 Å². The molecule has 1 aliphatic rings. The lowest BCUT2D eigenvalue weighted by atomic mass is 10.1. The number of esters is 1. The highest BCUT2D eigenvalue weighted by molar-refractivity contribution is 6.00. The Morgan fingerprint density at radius 1 is 1.14 bits per heavy atom. The molecular formula is C21H20F2N2O4. The molecule has 8 heteroatoms. The summed E-state index contributed by atoms with van der Waals surface area (Å²) in [7, 11) is 0. The average Bonchev–Trinajstić information content (AvgIpc) is 3.07. The number of hydrogen-bond donors (Lipinski definition) is 1. The minimum atomic E-state index is -1.17. The molecule has 2 aromatic carbocycles. The summed E-state index contributed by atoms with van der Waals surface area (Å²) >= 11 is 0. The zero-order chi connectivity index (χ0) is 21.1. The van der Waals surface area contributed by atoms with E-state index in [1.54, 1.807) is 12.1 Å². The molecule has 1 heterocycles. The summed E-state index contributed by atoms with van der Waals surface area (Å²) in [6.45, 7) is 3.46. The van der Waals surface area contributed by atoms with Crippen LogP contribution in [0.2, 0.25) is 0 Å². The van der Waals surface area contributed by atoms with Crippen molar-refractivity contribution in [3.05, 3.63) is 59.7 Å². The molecule has 29 heavy (non-hydrogen) atoms. The van der Waals surface area contributed by atoms with Crippen LogP contribution in [0.15, 0.2) is 42.5 Å². The fraction of sp³-hybridized carbons (Fsp3) is 0.286. The van der Waals surface area contributed by atoms with Crippen LogP contribution < -0.4 is 10.2 Å². The molecule has 1 saturated heterocycles. The lowest BCUT2D eigenvalue weighted by Crippen LogP contribution is -2.33. The number of halogens is 2. The highest BCUT2D eigenvalue weighted by Crippen LogP contribution is 2.26. The SMILES string of the molecule is Cc1ccc(N2C[C@H](C(=O)O[C@H](C)C(=O)Nc3ccc(F)c(F)c3)CC2=O)cc1. The van der Waals surface area contributed by atoms with E-state index in [4.69, 9.17) is 4.74 Å². The standard InChI is InChI=1S/C21H20F2N2O4/c1-12-3-6-16(7-4-12)25-11-14(9-19(25)26)21(28)29-13(2)20(27)24-15-5-8-17(22)18(23)10-15/h3-8,10,13-14H,9,11H2,1-2H3,(H,24,27)/t13-,14-/m1/s1. The van der Waals surface area contributed by atoms with Gasteiger partial charge >= 0.3 is 5.97 Å².